The lowest BCUT2D eigenvalue weighted by molar-refractivity contribution is -0.121. The van der Waals surface area contributed by atoms with E-state index in [1.54, 1.807) is 50.6 Å². The Labute approximate surface area is 253 Å². The fraction of sp³-hybridized carbons (Fsp3) is 0.500. The Balaban J connectivity index is 1.55. The molecule has 0 saturated carbocycles. The zero-order valence-electron chi connectivity index (χ0n) is 25.6. The van der Waals surface area contributed by atoms with Crippen LogP contribution in [0.5, 0.6) is 17.2 Å². The van der Waals surface area contributed by atoms with Gasteiger partial charge in [0.25, 0.3) is 5.91 Å². The first-order chi connectivity index (χ1) is 20.9. The summed E-state index contributed by atoms with van der Waals surface area (Å²) >= 11 is 0. The van der Waals surface area contributed by atoms with E-state index in [0.717, 1.165) is 54.8 Å². The van der Waals surface area contributed by atoms with Gasteiger partial charge in [-0.25, -0.2) is 4.98 Å². The number of fused-ring (bicyclic) bond motifs is 5. The second-order valence-corrected chi connectivity index (χ2v) is 11.1. The van der Waals surface area contributed by atoms with Crippen LogP contribution >= 0.6 is 0 Å². The first-order valence-corrected chi connectivity index (χ1v) is 15.0. The van der Waals surface area contributed by atoms with Gasteiger partial charge in [-0.2, -0.15) is 0 Å². The summed E-state index contributed by atoms with van der Waals surface area (Å²) in [7, 11) is 4.83. The first kappa shape index (κ1) is 30.3. The number of methoxy groups -OCH3 is 3. The number of carbonyl (C=O) groups is 2. The van der Waals surface area contributed by atoms with E-state index < -0.39 is 0 Å². The molecule has 2 bridgehead atoms. The van der Waals surface area contributed by atoms with Gasteiger partial charge in [0.1, 0.15) is 11.5 Å². The first-order valence-electron chi connectivity index (χ1n) is 15.0. The summed E-state index contributed by atoms with van der Waals surface area (Å²) in [6, 6.07) is 9.36. The number of hydrogen-bond donors (Lipinski definition) is 1. The topological polar surface area (TPSA) is 109 Å². The Kier molecular flexibility index (Phi) is 9.81. The monoisotopic (exact) mass is 590 g/mol. The molecule has 2 aliphatic heterocycles. The van der Waals surface area contributed by atoms with Crippen molar-refractivity contribution in [1.29, 1.82) is 0 Å². The number of carbonyl (C=O) groups excluding carboxylic acids is 2. The summed E-state index contributed by atoms with van der Waals surface area (Å²) in [5.74, 6) is 2.67. The van der Waals surface area contributed by atoms with Gasteiger partial charge in [0.15, 0.2) is 11.5 Å². The molecule has 1 atom stereocenters. The molecule has 3 aromatic rings. The number of pyridine rings is 2. The van der Waals surface area contributed by atoms with Gasteiger partial charge in [-0.1, -0.05) is 13.0 Å². The highest BCUT2D eigenvalue weighted by atomic mass is 16.5. The second-order valence-electron chi connectivity index (χ2n) is 11.1. The number of hydrogen-bond acceptors (Lipinski definition) is 9. The van der Waals surface area contributed by atoms with Crippen LogP contribution in [0.3, 0.4) is 0 Å². The molecule has 0 spiro atoms. The molecule has 1 N–H and O–H groups in total. The molecule has 11 nitrogen and oxygen atoms in total. The van der Waals surface area contributed by atoms with Gasteiger partial charge in [-0.15, -0.1) is 0 Å². The van der Waals surface area contributed by atoms with Crippen molar-refractivity contribution < 1.29 is 23.8 Å². The molecule has 2 aliphatic rings. The third kappa shape index (κ3) is 6.77. The minimum absolute atomic E-state index is 0.0455. The smallest absolute Gasteiger partial charge is 0.272 e. The average molecular weight is 591 g/mol. The standard InChI is InChI=1S/C32H42N6O5/c1-5-36-15-16-37(32(40)25-10-6-7-12-33-25)14-11-28(39)34-19-22-9-8-13-38(20-22)31-23(21-36)17-24-26(35-31)18-27(41-2)30(43-4)29(24)42-3/h6-7,10,12,17-18,22H,5,8-9,11,13-16,19-21H2,1-4H3,(H,34,39). The number of amides is 2. The SMILES string of the molecule is CCN1CCN(C(=O)c2ccccn2)CCC(=O)NCC2CCCN(C2)c2nc3cc(OC)c(OC)c(OC)c3cc2C1. The molecule has 43 heavy (non-hydrogen) atoms. The van der Waals surface area contributed by atoms with E-state index in [0.29, 0.717) is 61.6 Å². The average Bonchev–Trinajstić information content (AvgIpc) is 3.05. The lowest BCUT2D eigenvalue weighted by Crippen LogP contribution is -2.42. The van der Waals surface area contributed by atoms with E-state index in [-0.39, 0.29) is 18.2 Å². The Bertz CT molecular complexity index is 1440. The van der Waals surface area contributed by atoms with Gasteiger partial charge in [0, 0.05) is 75.4 Å². The predicted molar refractivity (Wildman–Crippen MR) is 165 cm³/mol. The third-order valence-electron chi connectivity index (χ3n) is 8.39. The second kappa shape index (κ2) is 13.9. The van der Waals surface area contributed by atoms with Crippen LogP contribution in [0.1, 0.15) is 42.2 Å². The number of benzene rings is 1. The molecule has 1 aromatic carbocycles. The number of anilines is 1. The van der Waals surface area contributed by atoms with Crippen LogP contribution in [0.25, 0.3) is 10.9 Å². The zero-order chi connectivity index (χ0) is 30.3. The number of aromatic nitrogens is 2. The number of nitrogens with one attached hydrogen (secondary N) is 1. The maximum absolute atomic E-state index is 13.4. The number of ether oxygens (including phenoxy) is 3. The molecule has 2 amide bonds. The van der Waals surface area contributed by atoms with Crippen LogP contribution in [0, 0.1) is 5.92 Å². The van der Waals surface area contributed by atoms with E-state index >= 15 is 0 Å². The Morgan fingerprint density at radius 3 is 2.60 bits per heavy atom. The minimum Gasteiger partial charge on any atom is -0.493 e. The lowest BCUT2D eigenvalue weighted by atomic mass is 9.97. The third-order valence-corrected chi connectivity index (χ3v) is 8.39. The minimum atomic E-state index is -0.172. The number of likely N-dealkylation sites (N-methyl/N-ethyl adjacent to an activating group) is 1. The van der Waals surface area contributed by atoms with Crippen molar-refractivity contribution in [2.24, 2.45) is 5.92 Å². The summed E-state index contributed by atoms with van der Waals surface area (Å²) in [6.07, 6.45) is 3.91. The molecule has 5 rings (SSSR count). The molecule has 0 radical (unpaired) electrons. The fourth-order valence-electron chi connectivity index (χ4n) is 6.04. The quantitative estimate of drug-likeness (QED) is 0.479. The summed E-state index contributed by atoms with van der Waals surface area (Å²) in [6.45, 7) is 7.22. The largest absolute Gasteiger partial charge is 0.493 e. The van der Waals surface area contributed by atoms with Crippen LogP contribution in [0.2, 0.25) is 0 Å². The van der Waals surface area contributed by atoms with Crippen LogP contribution in [0.15, 0.2) is 36.5 Å². The van der Waals surface area contributed by atoms with Gasteiger partial charge in [0.2, 0.25) is 11.7 Å². The van der Waals surface area contributed by atoms with Crippen LogP contribution in [-0.2, 0) is 11.3 Å². The Morgan fingerprint density at radius 2 is 1.88 bits per heavy atom. The van der Waals surface area contributed by atoms with E-state index in [2.05, 4.69) is 33.1 Å². The molecular formula is C32H42N6O5. The molecule has 0 aliphatic carbocycles. The molecule has 11 heteroatoms. The number of rotatable bonds is 5. The van der Waals surface area contributed by atoms with E-state index in [9.17, 15) is 9.59 Å². The lowest BCUT2D eigenvalue weighted by Gasteiger charge is -2.35. The molecule has 1 saturated heterocycles. The number of piperidine rings is 1. The maximum atomic E-state index is 13.4. The van der Waals surface area contributed by atoms with Gasteiger partial charge < -0.3 is 29.3 Å². The summed E-state index contributed by atoms with van der Waals surface area (Å²) in [4.78, 5) is 42.2. The molecule has 2 aromatic heterocycles. The van der Waals surface area contributed by atoms with Crippen molar-refractivity contribution >= 4 is 28.5 Å². The molecule has 1 fully saturated rings. The predicted octanol–water partition coefficient (Wildman–Crippen LogP) is 3.36. The van der Waals surface area contributed by atoms with Gasteiger partial charge in [-0.05, 0) is 43.5 Å². The van der Waals surface area contributed by atoms with Crippen LogP contribution in [-0.4, -0.2) is 98.7 Å². The Morgan fingerprint density at radius 1 is 1.05 bits per heavy atom. The van der Waals surface area contributed by atoms with Crippen molar-refractivity contribution in [3.63, 3.8) is 0 Å². The highest BCUT2D eigenvalue weighted by Crippen LogP contribution is 2.44. The van der Waals surface area contributed by atoms with Crippen LogP contribution in [0.4, 0.5) is 5.82 Å². The van der Waals surface area contributed by atoms with Gasteiger partial charge >= 0.3 is 0 Å². The van der Waals surface area contributed by atoms with Crippen molar-refractivity contribution in [3.05, 3.63) is 47.8 Å². The molecule has 230 valence electrons. The summed E-state index contributed by atoms with van der Waals surface area (Å²) < 4.78 is 17.1. The summed E-state index contributed by atoms with van der Waals surface area (Å²) in [5, 5.41) is 3.97. The normalized spacial score (nSPS) is 18.7. The molecular weight excluding hydrogens is 548 g/mol. The molecule has 1 unspecified atom stereocenters. The highest BCUT2D eigenvalue weighted by Gasteiger charge is 2.27. The van der Waals surface area contributed by atoms with Crippen molar-refractivity contribution in [2.75, 3.05) is 72.0 Å². The van der Waals surface area contributed by atoms with E-state index in [1.165, 1.54) is 0 Å². The van der Waals surface area contributed by atoms with E-state index in [4.69, 9.17) is 19.2 Å². The summed E-state index contributed by atoms with van der Waals surface area (Å²) in [5.41, 5.74) is 2.21. The Hall–Kier alpha value is -4.12. The maximum Gasteiger partial charge on any atom is 0.272 e. The molecule has 4 heterocycles. The van der Waals surface area contributed by atoms with E-state index in [1.807, 2.05) is 6.07 Å². The van der Waals surface area contributed by atoms with Crippen molar-refractivity contribution in [2.45, 2.75) is 32.7 Å². The highest BCUT2D eigenvalue weighted by molar-refractivity contribution is 5.93. The van der Waals surface area contributed by atoms with Crippen molar-refractivity contribution in [1.82, 2.24) is 25.1 Å². The van der Waals surface area contributed by atoms with Gasteiger partial charge in [0.05, 0.1) is 26.8 Å². The van der Waals surface area contributed by atoms with Crippen molar-refractivity contribution in [3.8, 4) is 17.2 Å². The van der Waals surface area contributed by atoms with Crippen LogP contribution < -0.4 is 24.4 Å². The fourth-order valence-corrected chi connectivity index (χ4v) is 6.04. The zero-order valence-corrected chi connectivity index (χ0v) is 25.6. The number of nitrogens with zero attached hydrogens (tertiary/aromatic N) is 5. The van der Waals surface area contributed by atoms with Gasteiger partial charge in [-0.3, -0.25) is 19.5 Å².